The molecule has 1 aromatic carbocycles. The Hall–Kier alpha value is -2.00. The van der Waals surface area contributed by atoms with Gasteiger partial charge in [-0.3, -0.25) is 9.78 Å². The third-order valence-electron chi connectivity index (χ3n) is 4.15. The van der Waals surface area contributed by atoms with Crippen molar-refractivity contribution in [2.45, 2.75) is 25.7 Å². The van der Waals surface area contributed by atoms with E-state index >= 15 is 0 Å². The Morgan fingerprint density at radius 1 is 1.14 bits per heavy atom. The van der Waals surface area contributed by atoms with Crippen molar-refractivity contribution in [3.8, 4) is 0 Å². The number of nitrogens with zero attached hydrogens (tertiary/aromatic N) is 1. The predicted octanol–water partition coefficient (Wildman–Crippen LogP) is 4.41. The number of carbonyl (C=O) groups is 1. The molecule has 0 spiro atoms. The van der Waals surface area contributed by atoms with Gasteiger partial charge in [0.05, 0.1) is 4.88 Å². The zero-order valence-electron chi connectivity index (χ0n) is 11.6. The first-order valence-electron chi connectivity index (χ1n) is 7.32. The molecule has 0 saturated heterocycles. The van der Waals surface area contributed by atoms with E-state index in [0.717, 1.165) is 34.1 Å². The fraction of sp³-hybridized carbons (Fsp3) is 0.222. The minimum absolute atomic E-state index is 0.145. The maximum Gasteiger partial charge on any atom is 0.203 e. The maximum absolute atomic E-state index is 12.9. The van der Waals surface area contributed by atoms with Crippen LogP contribution in [0.5, 0.6) is 0 Å². The van der Waals surface area contributed by atoms with Crippen molar-refractivity contribution in [3.63, 3.8) is 0 Å². The van der Waals surface area contributed by atoms with Gasteiger partial charge in [0, 0.05) is 28.2 Å². The fourth-order valence-corrected chi connectivity index (χ4v) is 4.26. The summed E-state index contributed by atoms with van der Waals surface area (Å²) in [6, 6.07) is 9.89. The molecule has 1 aliphatic carbocycles. The Bertz CT molecular complexity index is 805. The summed E-state index contributed by atoms with van der Waals surface area (Å²) >= 11 is 1.68. The molecule has 104 valence electrons. The highest BCUT2D eigenvalue weighted by atomic mass is 32.1. The van der Waals surface area contributed by atoms with Gasteiger partial charge in [-0.25, -0.2) is 0 Å². The first kappa shape index (κ1) is 12.7. The van der Waals surface area contributed by atoms with Crippen LogP contribution in [0.15, 0.2) is 42.7 Å². The van der Waals surface area contributed by atoms with Crippen LogP contribution in [0, 0.1) is 0 Å². The van der Waals surface area contributed by atoms with Gasteiger partial charge in [0.25, 0.3) is 0 Å². The van der Waals surface area contributed by atoms with Gasteiger partial charge in [0.15, 0.2) is 0 Å². The van der Waals surface area contributed by atoms with Crippen molar-refractivity contribution in [3.05, 3.63) is 63.6 Å². The van der Waals surface area contributed by atoms with Crippen LogP contribution in [0.2, 0.25) is 0 Å². The summed E-state index contributed by atoms with van der Waals surface area (Å²) in [6.45, 7) is 0. The van der Waals surface area contributed by atoms with Crippen LogP contribution in [-0.4, -0.2) is 10.8 Å². The molecule has 2 heterocycles. The van der Waals surface area contributed by atoms with Gasteiger partial charge in [-0.2, -0.15) is 0 Å². The number of ketones is 1. The molecule has 0 radical (unpaired) electrons. The highest BCUT2D eigenvalue weighted by molar-refractivity contribution is 7.14. The molecule has 0 aliphatic heterocycles. The Morgan fingerprint density at radius 2 is 2.05 bits per heavy atom. The van der Waals surface area contributed by atoms with Crippen LogP contribution >= 0.6 is 11.3 Å². The quantitative estimate of drug-likeness (QED) is 0.655. The second-order valence-corrected chi connectivity index (χ2v) is 6.63. The number of carbonyl (C=O) groups excluding carboxylic acids is 1. The Labute approximate surface area is 127 Å². The van der Waals surface area contributed by atoms with Gasteiger partial charge >= 0.3 is 0 Å². The normalized spacial score (nSPS) is 14.1. The molecule has 3 heteroatoms. The van der Waals surface area contributed by atoms with E-state index in [4.69, 9.17) is 0 Å². The summed E-state index contributed by atoms with van der Waals surface area (Å²) < 4.78 is 0. The van der Waals surface area contributed by atoms with Gasteiger partial charge in [-0.05, 0) is 48.8 Å². The largest absolute Gasteiger partial charge is 0.288 e. The number of pyridine rings is 1. The zero-order chi connectivity index (χ0) is 14.2. The summed E-state index contributed by atoms with van der Waals surface area (Å²) in [4.78, 5) is 19.3. The van der Waals surface area contributed by atoms with Crippen LogP contribution in [-0.2, 0) is 12.8 Å². The third-order valence-corrected chi connectivity index (χ3v) is 5.38. The monoisotopic (exact) mass is 293 g/mol. The molecule has 3 aromatic rings. The number of fused-ring (bicyclic) bond motifs is 2. The van der Waals surface area contributed by atoms with Gasteiger partial charge in [0.1, 0.15) is 0 Å². The van der Waals surface area contributed by atoms with Crippen molar-refractivity contribution in [1.29, 1.82) is 0 Å². The molecule has 0 unspecified atom stereocenters. The van der Waals surface area contributed by atoms with Crippen molar-refractivity contribution in [2.24, 2.45) is 0 Å². The van der Waals surface area contributed by atoms with Crippen molar-refractivity contribution in [2.75, 3.05) is 0 Å². The standard InChI is InChI=1S/C18H15NOS/c20-18(17-10-12-4-1-2-7-16(12)21-17)15-6-3-5-13-11-19-9-8-14(13)15/h3,5-6,8-11H,1-2,4,7H2. The molecule has 2 nitrogen and oxygen atoms in total. The lowest BCUT2D eigenvalue weighted by molar-refractivity contribution is 0.104. The molecular formula is C18H15NOS. The second kappa shape index (κ2) is 5.08. The Balaban J connectivity index is 1.81. The van der Waals surface area contributed by atoms with E-state index in [0.29, 0.717) is 0 Å². The number of aromatic nitrogens is 1. The van der Waals surface area contributed by atoms with Crippen LogP contribution in [0.25, 0.3) is 10.8 Å². The van der Waals surface area contributed by atoms with Gasteiger partial charge in [-0.15, -0.1) is 11.3 Å². The van der Waals surface area contributed by atoms with Crippen molar-refractivity contribution in [1.82, 2.24) is 4.98 Å². The number of aryl methyl sites for hydroxylation is 2. The van der Waals surface area contributed by atoms with E-state index in [1.54, 1.807) is 17.5 Å². The molecule has 0 bridgehead atoms. The average molecular weight is 293 g/mol. The molecule has 2 aromatic heterocycles. The fourth-order valence-electron chi connectivity index (χ4n) is 3.06. The summed E-state index contributed by atoms with van der Waals surface area (Å²) in [7, 11) is 0. The molecule has 4 rings (SSSR count). The summed E-state index contributed by atoms with van der Waals surface area (Å²) in [6.07, 6.45) is 8.31. The zero-order valence-corrected chi connectivity index (χ0v) is 12.5. The van der Waals surface area contributed by atoms with E-state index < -0.39 is 0 Å². The van der Waals surface area contributed by atoms with Crippen LogP contribution in [0.3, 0.4) is 0 Å². The van der Waals surface area contributed by atoms with Crippen LogP contribution in [0.1, 0.15) is 38.5 Å². The Morgan fingerprint density at radius 3 is 2.95 bits per heavy atom. The molecule has 0 atom stereocenters. The first-order valence-corrected chi connectivity index (χ1v) is 8.13. The van der Waals surface area contributed by atoms with E-state index in [1.807, 2.05) is 30.5 Å². The topological polar surface area (TPSA) is 30.0 Å². The van der Waals surface area contributed by atoms with Crippen molar-refractivity contribution < 1.29 is 4.79 Å². The lowest BCUT2D eigenvalue weighted by Crippen LogP contribution is -1.99. The highest BCUT2D eigenvalue weighted by Gasteiger charge is 2.19. The lowest BCUT2D eigenvalue weighted by Gasteiger charge is -2.08. The lowest BCUT2D eigenvalue weighted by atomic mass is 9.98. The SMILES string of the molecule is O=C(c1cc2c(s1)CCCC2)c1cccc2cnccc12. The Kier molecular flexibility index (Phi) is 3.08. The maximum atomic E-state index is 12.9. The summed E-state index contributed by atoms with van der Waals surface area (Å²) in [5, 5.41) is 2.01. The van der Waals surface area contributed by atoms with E-state index in [2.05, 4.69) is 11.1 Å². The first-order chi connectivity index (χ1) is 10.3. The van der Waals surface area contributed by atoms with Gasteiger partial charge < -0.3 is 0 Å². The highest BCUT2D eigenvalue weighted by Crippen LogP contribution is 2.32. The predicted molar refractivity (Wildman–Crippen MR) is 86.1 cm³/mol. The minimum Gasteiger partial charge on any atom is -0.288 e. The number of thiophene rings is 1. The van der Waals surface area contributed by atoms with Crippen molar-refractivity contribution >= 4 is 27.9 Å². The smallest absolute Gasteiger partial charge is 0.203 e. The average Bonchev–Trinajstić information content (AvgIpc) is 2.97. The number of hydrogen-bond donors (Lipinski definition) is 0. The van der Waals surface area contributed by atoms with Gasteiger partial charge in [-0.1, -0.05) is 18.2 Å². The number of rotatable bonds is 2. The molecule has 21 heavy (non-hydrogen) atoms. The number of hydrogen-bond acceptors (Lipinski definition) is 3. The summed E-state index contributed by atoms with van der Waals surface area (Å²) in [5.41, 5.74) is 2.17. The summed E-state index contributed by atoms with van der Waals surface area (Å²) in [5.74, 6) is 0.145. The third kappa shape index (κ3) is 2.18. The van der Waals surface area contributed by atoms with Gasteiger partial charge in [0.2, 0.25) is 5.78 Å². The molecular weight excluding hydrogens is 278 g/mol. The van der Waals surface area contributed by atoms with Crippen LogP contribution < -0.4 is 0 Å². The molecule has 0 fully saturated rings. The van der Waals surface area contributed by atoms with E-state index in [1.165, 1.54) is 23.3 Å². The molecule has 1 aliphatic rings. The number of benzene rings is 1. The molecule has 0 N–H and O–H groups in total. The van der Waals surface area contributed by atoms with E-state index in [9.17, 15) is 4.79 Å². The second-order valence-electron chi connectivity index (χ2n) is 5.50. The minimum atomic E-state index is 0.145. The van der Waals surface area contributed by atoms with E-state index in [-0.39, 0.29) is 5.78 Å². The molecule has 0 saturated carbocycles. The molecule has 0 amide bonds. The van der Waals surface area contributed by atoms with Crippen LogP contribution in [0.4, 0.5) is 0 Å².